The standard InChI is InChI=1S/C33H58O6Si/c1-27(23-39-40(9,10)31(2,3)4)29-18-19-33(6,38-26-35-8)32(5,30(29)17-14-21-37-25-34-7)20-22-36-24-28-15-12-11-13-16-28/h11-13,15-16,30H,14,17-26H2,1-10H3/b29-27-/t30-,32+,33+/m1/s1. The first-order valence-corrected chi connectivity index (χ1v) is 17.9. The molecule has 1 fully saturated rings. The Bertz CT molecular complexity index is 896. The van der Waals surface area contributed by atoms with Crippen LogP contribution in [0.5, 0.6) is 0 Å². The molecule has 0 aliphatic heterocycles. The lowest BCUT2D eigenvalue weighted by atomic mass is 9.54. The maximum atomic E-state index is 6.71. The molecule has 1 saturated carbocycles. The van der Waals surface area contributed by atoms with Crippen molar-refractivity contribution in [1.82, 2.24) is 0 Å². The molecule has 0 bridgehead atoms. The van der Waals surface area contributed by atoms with Crippen molar-refractivity contribution in [2.24, 2.45) is 11.3 Å². The number of methoxy groups -OCH3 is 2. The van der Waals surface area contributed by atoms with Crippen LogP contribution >= 0.6 is 0 Å². The lowest BCUT2D eigenvalue weighted by Gasteiger charge is -2.56. The van der Waals surface area contributed by atoms with E-state index in [1.807, 2.05) is 6.07 Å². The molecule has 3 atom stereocenters. The minimum atomic E-state index is -1.86. The summed E-state index contributed by atoms with van der Waals surface area (Å²) in [4.78, 5) is 0. The number of ether oxygens (including phenoxy) is 5. The van der Waals surface area contributed by atoms with Gasteiger partial charge in [0.25, 0.3) is 0 Å². The summed E-state index contributed by atoms with van der Waals surface area (Å²) in [5.41, 5.74) is 3.59. The van der Waals surface area contributed by atoms with Gasteiger partial charge in [-0.3, -0.25) is 0 Å². The monoisotopic (exact) mass is 578 g/mol. The molecule has 0 saturated heterocycles. The zero-order valence-electron chi connectivity index (χ0n) is 27.2. The smallest absolute Gasteiger partial charge is 0.192 e. The SMILES string of the molecule is COCOCCC[C@@H]1/C(=C(/C)CO[Si](C)(C)C(C)(C)C)CC[C@](C)(OCOC)[C@@]1(C)CCOCc1ccccc1. The van der Waals surface area contributed by atoms with Crippen LogP contribution in [-0.2, 0) is 34.7 Å². The van der Waals surface area contributed by atoms with E-state index in [9.17, 15) is 0 Å². The lowest BCUT2D eigenvalue weighted by molar-refractivity contribution is -0.205. The van der Waals surface area contributed by atoms with E-state index in [0.29, 0.717) is 39.1 Å². The molecule has 7 heteroatoms. The van der Waals surface area contributed by atoms with E-state index in [1.165, 1.54) is 16.7 Å². The van der Waals surface area contributed by atoms with Crippen LogP contribution in [0.4, 0.5) is 0 Å². The molecule has 1 aliphatic carbocycles. The van der Waals surface area contributed by atoms with Crippen molar-refractivity contribution in [3.8, 4) is 0 Å². The Morgan fingerprint density at radius 1 is 0.975 bits per heavy atom. The van der Waals surface area contributed by atoms with Crippen LogP contribution < -0.4 is 0 Å². The van der Waals surface area contributed by atoms with E-state index < -0.39 is 8.32 Å². The zero-order valence-corrected chi connectivity index (χ0v) is 28.2. The highest BCUT2D eigenvalue weighted by Gasteiger charge is 2.54. The van der Waals surface area contributed by atoms with Crippen LogP contribution in [0.2, 0.25) is 18.1 Å². The van der Waals surface area contributed by atoms with Crippen molar-refractivity contribution in [3.63, 3.8) is 0 Å². The van der Waals surface area contributed by atoms with E-state index in [4.69, 9.17) is 28.1 Å². The van der Waals surface area contributed by atoms with E-state index in [2.05, 4.69) is 78.9 Å². The fraction of sp³-hybridized carbons (Fsp3) is 0.758. The summed E-state index contributed by atoms with van der Waals surface area (Å²) in [6.07, 6.45) is 4.79. The zero-order chi connectivity index (χ0) is 29.9. The highest BCUT2D eigenvalue weighted by molar-refractivity contribution is 6.74. The summed E-state index contributed by atoms with van der Waals surface area (Å²) >= 11 is 0. The van der Waals surface area contributed by atoms with Gasteiger partial charge in [0.1, 0.15) is 13.6 Å². The molecule has 0 amide bonds. The van der Waals surface area contributed by atoms with Crippen molar-refractivity contribution < 1.29 is 28.1 Å². The maximum absolute atomic E-state index is 6.71. The molecule has 40 heavy (non-hydrogen) atoms. The van der Waals surface area contributed by atoms with Crippen molar-refractivity contribution in [3.05, 3.63) is 47.0 Å². The van der Waals surface area contributed by atoms with Crippen molar-refractivity contribution in [1.29, 1.82) is 0 Å². The van der Waals surface area contributed by atoms with Crippen molar-refractivity contribution in [2.75, 3.05) is 47.6 Å². The second-order valence-corrected chi connectivity index (χ2v) is 18.2. The van der Waals surface area contributed by atoms with Gasteiger partial charge in [0, 0.05) is 32.8 Å². The van der Waals surface area contributed by atoms with Gasteiger partial charge in [0.15, 0.2) is 8.32 Å². The van der Waals surface area contributed by atoms with E-state index in [-0.39, 0.29) is 22.8 Å². The summed E-state index contributed by atoms with van der Waals surface area (Å²) in [6.45, 7) is 21.8. The van der Waals surface area contributed by atoms with Gasteiger partial charge in [-0.15, -0.1) is 0 Å². The van der Waals surface area contributed by atoms with Gasteiger partial charge >= 0.3 is 0 Å². The summed E-state index contributed by atoms with van der Waals surface area (Å²) in [5, 5.41) is 0.180. The molecule has 0 unspecified atom stereocenters. The largest absolute Gasteiger partial charge is 0.413 e. The van der Waals surface area contributed by atoms with Crippen LogP contribution in [0.3, 0.4) is 0 Å². The third-order valence-electron chi connectivity index (χ3n) is 9.63. The molecule has 2 rings (SSSR count). The van der Waals surface area contributed by atoms with Crippen LogP contribution in [0, 0.1) is 11.3 Å². The number of hydrogen-bond acceptors (Lipinski definition) is 6. The second-order valence-electron chi connectivity index (χ2n) is 13.4. The molecule has 0 heterocycles. The lowest BCUT2D eigenvalue weighted by Crippen LogP contribution is -2.55. The molecule has 0 N–H and O–H groups in total. The van der Waals surface area contributed by atoms with E-state index in [0.717, 1.165) is 32.1 Å². The van der Waals surface area contributed by atoms with Crippen LogP contribution in [-0.4, -0.2) is 61.5 Å². The van der Waals surface area contributed by atoms with Crippen LogP contribution in [0.25, 0.3) is 0 Å². The van der Waals surface area contributed by atoms with Gasteiger partial charge in [-0.2, -0.15) is 0 Å². The fourth-order valence-electron chi connectivity index (χ4n) is 5.63. The van der Waals surface area contributed by atoms with Crippen molar-refractivity contribution in [2.45, 2.75) is 104 Å². The molecular formula is C33H58O6Si. The first-order valence-electron chi connectivity index (χ1n) is 14.9. The normalized spacial score (nSPS) is 25.3. The Morgan fingerprint density at radius 2 is 1.65 bits per heavy atom. The summed E-state index contributed by atoms with van der Waals surface area (Å²) in [5.74, 6) is 0.317. The minimum Gasteiger partial charge on any atom is -0.413 e. The Labute approximate surface area is 246 Å². The predicted octanol–water partition coefficient (Wildman–Crippen LogP) is 8.13. The quantitative estimate of drug-likeness (QED) is 0.0805. The average molecular weight is 579 g/mol. The summed E-state index contributed by atoms with van der Waals surface area (Å²) < 4.78 is 35.7. The van der Waals surface area contributed by atoms with Gasteiger partial charge in [-0.05, 0) is 81.1 Å². The Kier molecular flexibility index (Phi) is 14.0. The summed E-state index contributed by atoms with van der Waals surface area (Å²) in [6, 6.07) is 10.4. The molecule has 6 nitrogen and oxygen atoms in total. The fourth-order valence-corrected chi connectivity index (χ4v) is 6.64. The second kappa shape index (κ2) is 16.0. The molecule has 0 aromatic heterocycles. The van der Waals surface area contributed by atoms with Crippen LogP contribution in [0.1, 0.15) is 79.2 Å². The Balaban J connectivity index is 2.35. The minimum absolute atomic E-state index is 0.157. The topological polar surface area (TPSA) is 55.4 Å². The Morgan fingerprint density at radius 3 is 2.27 bits per heavy atom. The first-order chi connectivity index (χ1) is 18.8. The number of rotatable bonds is 17. The summed E-state index contributed by atoms with van der Waals surface area (Å²) in [7, 11) is 1.50. The number of allylic oxidation sites excluding steroid dienone is 1. The molecule has 1 aromatic carbocycles. The highest BCUT2D eigenvalue weighted by Crippen LogP contribution is 2.56. The van der Waals surface area contributed by atoms with Crippen LogP contribution in [0.15, 0.2) is 41.5 Å². The molecule has 0 radical (unpaired) electrons. The maximum Gasteiger partial charge on any atom is 0.192 e. The predicted molar refractivity (Wildman–Crippen MR) is 166 cm³/mol. The average Bonchev–Trinajstić information content (AvgIpc) is 2.91. The Hall–Kier alpha value is -1.06. The number of hydrogen-bond donors (Lipinski definition) is 0. The molecule has 230 valence electrons. The van der Waals surface area contributed by atoms with Gasteiger partial charge in [0.2, 0.25) is 0 Å². The van der Waals surface area contributed by atoms with Gasteiger partial charge in [-0.25, -0.2) is 0 Å². The number of benzene rings is 1. The third-order valence-corrected chi connectivity index (χ3v) is 14.1. The van der Waals surface area contributed by atoms with Gasteiger partial charge < -0.3 is 28.1 Å². The highest BCUT2D eigenvalue weighted by atomic mass is 28.4. The van der Waals surface area contributed by atoms with E-state index in [1.54, 1.807) is 14.2 Å². The molecule has 1 aliphatic rings. The van der Waals surface area contributed by atoms with Gasteiger partial charge in [0.05, 0.1) is 18.8 Å². The molecule has 1 aromatic rings. The third kappa shape index (κ3) is 9.48. The van der Waals surface area contributed by atoms with Crippen molar-refractivity contribution >= 4 is 8.32 Å². The van der Waals surface area contributed by atoms with Gasteiger partial charge in [-0.1, -0.05) is 63.6 Å². The first kappa shape index (κ1) is 35.1. The molecule has 0 spiro atoms. The molecular weight excluding hydrogens is 520 g/mol. The van der Waals surface area contributed by atoms with E-state index >= 15 is 0 Å².